The van der Waals surface area contributed by atoms with Crippen LogP contribution in [0.3, 0.4) is 0 Å². The highest BCUT2D eigenvalue weighted by Gasteiger charge is 2.22. The van der Waals surface area contributed by atoms with Crippen molar-refractivity contribution in [3.63, 3.8) is 0 Å². The summed E-state index contributed by atoms with van der Waals surface area (Å²) in [4.78, 5) is 0. The first kappa shape index (κ1) is 12.0. The molecule has 0 aromatic carbocycles. The van der Waals surface area contributed by atoms with Crippen molar-refractivity contribution in [1.82, 2.24) is 5.32 Å². The van der Waals surface area contributed by atoms with Gasteiger partial charge in [-0.25, -0.2) is 8.42 Å². The second-order valence-electron chi connectivity index (χ2n) is 3.63. The Morgan fingerprint density at radius 2 is 2.47 bits per heavy atom. The van der Waals surface area contributed by atoms with E-state index in [1.807, 2.05) is 6.92 Å². The molecular formula is C8H15N3O3S. The van der Waals surface area contributed by atoms with Gasteiger partial charge >= 0.3 is 0 Å². The van der Waals surface area contributed by atoms with E-state index in [0.29, 0.717) is 6.42 Å². The van der Waals surface area contributed by atoms with Crippen LogP contribution in [0.1, 0.15) is 13.3 Å². The normalized spacial score (nSPS) is 26.7. The minimum atomic E-state index is -3.03. The number of hydrogen-bond donors (Lipinski definition) is 3. The topological polar surface area (TPSA) is 105 Å². The Balaban J connectivity index is 2.41. The zero-order chi connectivity index (χ0) is 11.5. The molecule has 1 aliphatic rings. The second kappa shape index (κ2) is 4.63. The standard InChI is InChI=1S/C8H15N3O3S/c1-6(4-8(9)11-12)10-7-2-3-15(13,14)5-7/h2-3,6-7,10,12H,4-5H2,1H3,(H2,9,11). The molecule has 2 unspecified atom stereocenters. The largest absolute Gasteiger partial charge is 0.409 e. The van der Waals surface area contributed by atoms with Gasteiger partial charge in [0.05, 0.1) is 5.75 Å². The molecule has 0 fully saturated rings. The van der Waals surface area contributed by atoms with Crippen molar-refractivity contribution in [2.45, 2.75) is 25.4 Å². The van der Waals surface area contributed by atoms with Gasteiger partial charge in [0.1, 0.15) is 5.84 Å². The Bertz CT molecular complexity index is 375. The van der Waals surface area contributed by atoms with E-state index in [1.165, 1.54) is 5.41 Å². The highest BCUT2D eigenvalue weighted by atomic mass is 32.2. The van der Waals surface area contributed by atoms with E-state index in [1.54, 1.807) is 6.08 Å². The van der Waals surface area contributed by atoms with Crippen LogP contribution in [-0.4, -0.2) is 37.3 Å². The summed E-state index contributed by atoms with van der Waals surface area (Å²) in [6, 6.07) is -0.222. The Morgan fingerprint density at radius 3 is 2.93 bits per heavy atom. The van der Waals surface area contributed by atoms with Crippen LogP contribution in [0.15, 0.2) is 16.6 Å². The lowest BCUT2D eigenvalue weighted by atomic mass is 10.2. The van der Waals surface area contributed by atoms with Crippen LogP contribution in [0.25, 0.3) is 0 Å². The molecule has 0 spiro atoms. The fourth-order valence-corrected chi connectivity index (χ4v) is 2.71. The van der Waals surface area contributed by atoms with E-state index in [0.717, 1.165) is 0 Å². The molecule has 0 radical (unpaired) electrons. The summed E-state index contributed by atoms with van der Waals surface area (Å²) in [6.45, 7) is 1.84. The van der Waals surface area contributed by atoms with Gasteiger partial charge in [0.15, 0.2) is 9.84 Å². The van der Waals surface area contributed by atoms with Gasteiger partial charge in [0.2, 0.25) is 0 Å². The number of nitrogens with one attached hydrogen (secondary N) is 1. The van der Waals surface area contributed by atoms with Crippen LogP contribution >= 0.6 is 0 Å². The maximum Gasteiger partial charge on any atom is 0.173 e. The second-order valence-corrected chi connectivity index (χ2v) is 5.56. The fourth-order valence-electron chi connectivity index (χ4n) is 1.46. The van der Waals surface area contributed by atoms with Crippen LogP contribution in [0, 0.1) is 0 Å². The number of amidine groups is 1. The molecule has 0 amide bonds. The van der Waals surface area contributed by atoms with Crippen molar-refractivity contribution in [2.24, 2.45) is 10.9 Å². The van der Waals surface area contributed by atoms with Crippen LogP contribution in [0.4, 0.5) is 0 Å². The average Bonchev–Trinajstić information content (AvgIpc) is 2.44. The molecule has 0 saturated carbocycles. The molecule has 0 aromatic rings. The lowest BCUT2D eigenvalue weighted by Crippen LogP contribution is -2.39. The summed E-state index contributed by atoms with van der Waals surface area (Å²) in [5.74, 6) is 0.202. The molecule has 0 aromatic heterocycles. The van der Waals surface area contributed by atoms with E-state index in [2.05, 4.69) is 10.5 Å². The number of oxime groups is 1. The first-order valence-corrected chi connectivity index (χ1v) is 6.28. The molecule has 6 nitrogen and oxygen atoms in total. The Kier molecular flexibility index (Phi) is 3.70. The van der Waals surface area contributed by atoms with E-state index < -0.39 is 9.84 Å². The third kappa shape index (κ3) is 3.88. The van der Waals surface area contributed by atoms with Gasteiger partial charge in [-0.15, -0.1) is 0 Å². The molecule has 2 atom stereocenters. The van der Waals surface area contributed by atoms with Gasteiger partial charge < -0.3 is 16.3 Å². The monoisotopic (exact) mass is 233 g/mol. The molecule has 86 valence electrons. The summed E-state index contributed by atoms with van der Waals surface area (Å²) in [7, 11) is -3.03. The molecule has 1 rings (SSSR count). The third-order valence-corrected chi connectivity index (χ3v) is 3.47. The number of nitrogens with zero attached hydrogens (tertiary/aromatic N) is 1. The lowest BCUT2D eigenvalue weighted by molar-refractivity contribution is 0.315. The lowest BCUT2D eigenvalue weighted by Gasteiger charge is -2.16. The molecular weight excluding hydrogens is 218 g/mol. The summed E-state index contributed by atoms with van der Waals surface area (Å²) in [5, 5.41) is 15.5. The smallest absolute Gasteiger partial charge is 0.173 e. The van der Waals surface area contributed by atoms with Crippen LogP contribution < -0.4 is 11.1 Å². The van der Waals surface area contributed by atoms with E-state index in [-0.39, 0.29) is 23.7 Å². The number of rotatable bonds is 4. The average molecular weight is 233 g/mol. The van der Waals surface area contributed by atoms with Crippen LogP contribution in [-0.2, 0) is 9.84 Å². The summed E-state index contributed by atoms with van der Waals surface area (Å²) in [6.07, 6.45) is 1.99. The molecule has 0 saturated heterocycles. The minimum Gasteiger partial charge on any atom is -0.409 e. The molecule has 4 N–H and O–H groups in total. The quantitative estimate of drug-likeness (QED) is 0.260. The molecule has 15 heavy (non-hydrogen) atoms. The maximum absolute atomic E-state index is 11.1. The predicted octanol–water partition coefficient (Wildman–Crippen LogP) is -0.588. The summed E-state index contributed by atoms with van der Waals surface area (Å²) >= 11 is 0. The van der Waals surface area contributed by atoms with Gasteiger partial charge in [-0.1, -0.05) is 11.2 Å². The molecule has 1 heterocycles. The van der Waals surface area contributed by atoms with E-state index in [4.69, 9.17) is 10.9 Å². The van der Waals surface area contributed by atoms with Gasteiger partial charge in [-0.05, 0) is 6.92 Å². The van der Waals surface area contributed by atoms with Crippen molar-refractivity contribution in [3.8, 4) is 0 Å². The van der Waals surface area contributed by atoms with Gasteiger partial charge in [-0.3, -0.25) is 0 Å². The van der Waals surface area contributed by atoms with Gasteiger partial charge in [-0.2, -0.15) is 0 Å². The van der Waals surface area contributed by atoms with Crippen molar-refractivity contribution in [1.29, 1.82) is 0 Å². The predicted molar refractivity (Wildman–Crippen MR) is 57.3 cm³/mol. The van der Waals surface area contributed by atoms with E-state index >= 15 is 0 Å². The Labute approximate surface area is 88.8 Å². The zero-order valence-electron chi connectivity index (χ0n) is 8.42. The fraction of sp³-hybridized carbons (Fsp3) is 0.625. The highest BCUT2D eigenvalue weighted by Crippen LogP contribution is 2.09. The van der Waals surface area contributed by atoms with Crippen LogP contribution in [0.5, 0.6) is 0 Å². The summed E-state index contributed by atoms with van der Waals surface area (Å²) in [5.41, 5.74) is 5.33. The molecule has 0 bridgehead atoms. The van der Waals surface area contributed by atoms with Crippen LogP contribution in [0.2, 0.25) is 0 Å². The Hall–Kier alpha value is -1.08. The summed E-state index contributed by atoms with van der Waals surface area (Å²) < 4.78 is 22.2. The van der Waals surface area contributed by atoms with Crippen molar-refractivity contribution >= 4 is 15.7 Å². The zero-order valence-corrected chi connectivity index (χ0v) is 9.24. The van der Waals surface area contributed by atoms with E-state index in [9.17, 15) is 8.42 Å². The minimum absolute atomic E-state index is 0.0381. The molecule has 0 aliphatic carbocycles. The molecule has 7 heteroatoms. The number of nitrogens with two attached hydrogens (primary N) is 1. The first-order chi connectivity index (χ1) is 6.93. The van der Waals surface area contributed by atoms with Crippen molar-refractivity contribution in [2.75, 3.05) is 5.75 Å². The van der Waals surface area contributed by atoms with Gasteiger partial charge in [0.25, 0.3) is 0 Å². The third-order valence-electron chi connectivity index (χ3n) is 2.07. The molecule has 1 aliphatic heterocycles. The SMILES string of the molecule is CC(CC(N)=NO)NC1C=CS(=O)(=O)C1. The van der Waals surface area contributed by atoms with Crippen molar-refractivity contribution < 1.29 is 13.6 Å². The maximum atomic E-state index is 11.1. The number of sulfone groups is 1. The Morgan fingerprint density at radius 1 is 1.80 bits per heavy atom. The number of hydrogen-bond acceptors (Lipinski definition) is 5. The highest BCUT2D eigenvalue weighted by molar-refractivity contribution is 7.94. The van der Waals surface area contributed by atoms with Crippen molar-refractivity contribution in [3.05, 3.63) is 11.5 Å². The van der Waals surface area contributed by atoms with Gasteiger partial charge in [0, 0.05) is 23.9 Å². The first-order valence-electron chi connectivity index (χ1n) is 4.56.